The van der Waals surface area contributed by atoms with Crippen molar-refractivity contribution in [2.45, 2.75) is 38.2 Å². The van der Waals surface area contributed by atoms with Crippen LogP contribution in [0.2, 0.25) is 0 Å². The highest BCUT2D eigenvalue weighted by Crippen LogP contribution is 2.47. The van der Waals surface area contributed by atoms with Gasteiger partial charge >= 0.3 is 0 Å². The average molecular weight is 202 g/mol. The van der Waals surface area contributed by atoms with Crippen LogP contribution in [-0.2, 0) is 10.2 Å². The first-order valence-corrected chi connectivity index (χ1v) is 5.43. The van der Waals surface area contributed by atoms with Crippen molar-refractivity contribution in [3.8, 4) is 5.75 Å². The molecule has 2 heteroatoms. The van der Waals surface area contributed by atoms with E-state index >= 15 is 0 Å². The number of carbonyl (C=O) groups is 1. The summed E-state index contributed by atoms with van der Waals surface area (Å²) >= 11 is 0. The number of hydrogen-bond acceptors (Lipinski definition) is 2. The minimum atomic E-state index is -0.286. The Morgan fingerprint density at radius 2 is 2.27 bits per heavy atom. The van der Waals surface area contributed by atoms with Gasteiger partial charge in [0.2, 0.25) is 0 Å². The number of aryl methyl sites for hydroxylation is 1. The molecule has 2 bridgehead atoms. The third kappa shape index (κ3) is 1.02. The van der Waals surface area contributed by atoms with E-state index in [1.54, 1.807) is 0 Å². The van der Waals surface area contributed by atoms with Crippen LogP contribution in [0.25, 0.3) is 0 Å². The Morgan fingerprint density at radius 1 is 1.47 bits per heavy atom. The molecule has 0 radical (unpaired) electrons. The fraction of sp³-hybridized carbons (Fsp3) is 0.462. The van der Waals surface area contributed by atoms with Crippen molar-refractivity contribution < 1.29 is 9.53 Å². The van der Waals surface area contributed by atoms with Crippen LogP contribution in [0.15, 0.2) is 18.2 Å². The van der Waals surface area contributed by atoms with Gasteiger partial charge in [-0.05, 0) is 38.3 Å². The Hall–Kier alpha value is -1.31. The number of carbonyl (C=O) groups excluding carboxylic acids is 1. The first-order valence-electron chi connectivity index (χ1n) is 5.43. The van der Waals surface area contributed by atoms with Crippen molar-refractivity contribution in [1.29, 1.82) is 0 Å². The van der Waals surface area contributed by atoms with E-state index in [0.29, 0.717) is 0 Å². The second kappa shape index (κ2) is 2.63. The summed E-state index contributed by atoms with van der Waals surface area (Å²) in [4.78, 5) is 12.0. The molecule has 2 atom stereocenters. The molecule has 1 aliphatic heterocycles. The molecular weight excluding hydrogens is 188 g/mol. The molecule has 1 aromatic carbocycles. The van der Waals surface area contributed by atoms with Crippen LogP contribution >= 0.6 is 0 Å². The van der Waals surface area contributed by atoms with Gasteiger partial charge in [0.05, 0.1) is 5.41 Å². The maximum atomic E-state index is 12.0. The summed E-state index contributed by atoms with van der Waals surface area (Å²) in [5.74, 6) is 1.18. The first-order chi connectivity index (χ1) is 7.11. The van der Waals surface area contributed by atoms with Crippen LogP contribution in [0.4, 0.5) is 0 Å². The van der Waals surface area contributed by atoms with Gasteiger partial charge in [0, 0.05) is 5.56 Å². The van der Waals surface area contributed by atoms with Gasteiger partial charge in [-0.2, -0.15) is 0 Å². The number of fused-ring (bicyclic) bond motifs is 4. The molecule has 1 aromatic rings. The summed E-state index contributed by atoms with van der Waals surface area (Å²) in [7, 11) is 0. The molecule has 78 valence electrons. The van der Waals surface area contributed by atoms with Crippen LogP contribution in [0.3, 0.4) is 0 Å². The monoisotopic (exact) mass is 202 g/mol. The number of Topliss-reactive ketones (excluding diaryl/α,β-unsaturated/α-hetero) is 1. The molecule has 0 amide bonds. The van der Waals surface area contributed by atoms with Crippen LogP contribution < -0.4 is 4.74 Å². The standard InChI is InChI=1S/C13H14O2/c1-8-3-4-9-11(7-8)15-10-5-6-13(9,2)12(10)14/h3-4,7,10H,5-6H2,1-2H3/t10-,13+/m0/s1. The molecular formula is C13H14O2. The zero-order chi connectivity index (χ0) is 10.6. The molecule has 1 saturated carbocycles. The zero-order valence-corrected chi connectivity index (χ0v) is 9.04. The lowest BCUT2D eigenvalue weighted by Crippen LogP contribution is -2.39. The number of ether oxygens (including phenoxy) is 1. The summed E-state index contributed by atoms with van der Waals surface area (Å²) in [6.07, 6.45) is 1.60. The molecule has 0 spiro atoms. The Balaban J connectivity index is 2.23. The van der Waals surface area contributed by atoms with Crippen LogP contribution in [0.5, 0.6) is 5.75 Å². The molecule has 3 rings (SSSR count). The summed E-state index contributed by atoms with van der Waals surface area (Å²) in [5, 5.41) is 0. The molecule has 0 unspecified atom stereocenters. The lowest BCUT2D eigenvalue weighted by Gasteiger charge is -2.30. The Labute approximate surface area is 89.2 Å². The second-order valence-corrected chi connectivity index (χ2v) is 4.84. The lowest BCUT2D eigenvalue weighted by molar-refractivity contribution is -0.128. The lowest BCUT2D eigenvalue weighted by atomic mass is 9.78. The van der Waals surface area contributed by atoms with E-state index < -0.39 is 0 Å². The zero-order valence-electron chi connectivity index (χ0n) is 9.04. The summed E-state index contributed by atoms with van der Waals surface area (Å²) in [6.45, 7) is 4.09. The van der Waals surface area contributed by atoms with E-state index in [9.17, 15) is 4.79 Å². The maximum Gasteiger partial charge on any atom is 0.183 e. The quantitative estimate of drug-likeness (QED) is 0.645. The van der Waals surface area contributed by atoms with Gasteiger partial charge in [0.15, 0.2) is 11.9 Å². The molecule has 0 saturated heterocycles. The Kier molecular flexibility index (Phi) is 1.57. The summed E-state index contributed by atoms with van der Waals surface area (Å²) < 4.78 is 5.73. The van der Waals surface area contributed by atoms with Gasteiger partial charge in [-0.25, -0.2) is 0 Å². The minimum Gasteiger partial charge on any atom is -0.482 e. The highest BCUT2D eigenvalue weighted by molar-refractivity contribution is 5.97. The topological polar surface area (TPSA) is 26.3 Å². The second-order valence-electron chi connectivity index (χ2n) is 4.84. The van der Waals surface area contributed by atoms with E-state index in [0.717, 1.165) is 24.2 Å². The molecule has 1 aliphatic carbocycles. The average Bonchev–Trinajstić information content (AvgIpc) is 2.42. The van der Waals surface area contributed by atoms with Crippen LogP contribution in [0.1, 0.15) is 30.9 Å². The smallest absolute Gasteiger partial charge is 0.183 e. The maximum absolute atomic E-state index is 12.0. The van der Waals surface area contributed by atoms with Crippen molar-refractivity contribution in [3.05, 3.63) is 29.3 Å². The Bertz CT molecular complexity index is 450. The number of hydrogen-bond donors (Lipinski definition) is 0. The minimum absolute atomic E-state index is 0.190. The van der Waals surface area contributed by atoms with E-state index in [1.807, 2.05) is 26.0 Å². The van der Waals surface area contributed by atoms with E-state index in [1.165, 1.54) is 5.56 Å². The van der Waals surface area contributed by atoms with Crippen LogP contribution in [0, 0.1) is 6.92 Å². The fourth-order valence-corrected chi connectivity index (χ4v) is 2.75. The molecule has 2 nitrogen and oxygen atoms in total. The van der Waals surface area contributed by atoms with Crippen molar-refractivity contribution in [2.24, 2.45) is 0 Å². The predicted molar refractivity (Wildman–Crippen MR) is 57.2 cm³/mol. The predicted octanol–water partition coefficient (Wildman–Crippen LogP) is 2.38. The fourth-order valence-electron chi connectivity index (χ4n) is 2.75. The van der Waals surface area contributed by atoms with Crippen molar-refractivity contribution >= 4 is 5.78 Å². The van der Waals surface area contributed by atoms with Gasteiger partial charge in [0.25, 0.3) is 0 Å². The number of benzene rings is 1. The van der Waals surface area contributed by atoms with Gasteiger partial charge in [-0.3, -0.25) is 4.79 Å². The van der Waals surface area contributed by atoms with Gasteiger partial charge in [-0.1, -0.05) is 12.1 Å². The Morgan fingerprint density at radius 3 is 3.07 bits per heavy atom. The largest absolute Gasteiger partial charge is 0.482 e. The van der Waals surface area contributed by atoms with E-state index in [4.69, 9.17) is 4.74 Å². The van der Waals surface area contributed by atoms with Gasteiger partial charge < -0.3 is 4.74 Å². The third-order valence-electron chi connectivity index (χ3n) is 3.74. The third-order valence-corrected chi connectivity index (χ3v) is 3.74. The molecule has 0 aromatic heterocycles. The SMILES string of the molecule is Cc1ccc2c(c1)O[C@H]1CC[C@@]2(C)C1=O. The van der Waals surface area contributed by atoms with Gasteiger partial charge in [-0.15, -0.1) is 0 Å². The van der Waals surface area contributed by atoms with E-state index in [-0.39, 0.29) is 17.3 Å². The summed E-state index contributed by atoms with van der Waals surface area (Å²) in [6, 6.07) is 6.14. The number of rotatable bonds is 0. The molecule has 1 heterocycles. The molecule has 15 heavy (non-hydrogen) atoms. The molecule has 0 N–H and O–H groups in total. The highest BCUT2D eigenvalue weighted by atomic mass is 16.5. The van der Waals surface area contributed by atoms with Gasteiger partial charge in [0.1, 0.15) is 5.75 Å². The van der Waals surface area contributed by atoms with Crippen molar-refractivity contribution in [2.75, 3.05) is 0 Å². The normalized spacial score (nSPS) is 32.4. The van der Waals surface area contributed by atoms with Crippen molar-refractivity contribution in [3.63, 3.8) is 0 Å². The molecule has 1 fully saturated rings. The molecule has 2 aliphatic rings. The number of ketones is 1. The van der Waals surface area contributed by atoms with Crippen LogP contribution in [-0.4, -0.2) is 11.9 Å². The van der Waals surface area contributed by atoms with E-state index in [2.05, 4.69) is 6.07 Å². The highest BCUT2D eigenvalue weighted by Gasteiger charge is 2.51. The summed E-state index contributed by atoms with van der Waals surface area (Å²) in [5.41, 5.74) is 1.98. The van der Waals surface area contributed by atoms with Crippen molar-refractivity contribution in [1.82, 2.24) is 0 Å². The first kappa shape index (κ1) is 8.96.